The minimum atomic E-state index is -0.165. The average Bonchev–Trinajstić information content (AvgIpc) is 2.98. The molecule has 0 aliphatic carbocycles. The molecule has 1 atom stereocenters. The molecule has 0 aliphatic rings. The first-order valence-corrected chi connectivity index (χ1v) is 6.97. The van der Waals surface area contributed by atoms with E-state index in [0.29, 0.717) is 12.2 Å². The van der Waals surface area contributed by atoms with E-state index in [4.69, 9.17) is 5.73 Å². The highest BCUT2D eigenvalue weighted by Crippen LogP contribution is 2.27. The Morgan fingerprint density at radius 1 is 1.59 bits per heavy atom. The highest BCUT2D eigenvalue weighted by molar-refractivity contribution is 7.20. The summed E-state index contributed by atoms with van der Waals surface area (Å²) in [5, 5.41) is 7.43. The van der Waals surface area contributed by atoms with E-state index in [9.17, 15) is 4.79 Å². The molecule has 2 aromatic heterocycles. The van der Waals surface area contributed by atoms with Crippen molar-refractivity contribution < 1.29 is 4.79 Å². The van der Waals surface area contributed by atoms with Crippen LogP contribution in [0.4, 0.5) is 0 Å². The van der Waals surface area contributed by atoms with E-state index >= 15 is 0 Å². The second-order valence-corrected chi connectivity index (χ2v) is 5.43. The van der Waals surface area contributed by atoms with Crippen LogP contribution in [0, 0.1) is 0 Å². The first kappa shape index (κ1) is 12.2. The molecule has 0 saturated heterocycles. The molecule has 6 heteroatoms. The molecule has 0 bridgehead atoms. The first-order chi connectivity index (χ1) is 8.20. The van der Waals surface area contributed by atoms with Crippen LogP contribution >= 0.6 is 22.7 Å². The predicted octanol–water partition coefficient (Wildman–Crippen LogP) is 1.95. The highest BCUT2D eigenvalue weighted by atomic mass is 32.1. The summed E-state index contributed by atoms with van der Waals surface area (Å²) in [6.07, 6.45) is 0. The number of nitrogens with two attached hydrogens (primary N) is 1. The van der Waals surface area contributed by atoms with Gasteiger partial charge < -0.3 is 11.1 Å². The number of carbonyl (C=O) groups excluding carboxylic acids is 1. The molecule has 4 nitrogen and oxygen atoms in total. The molecule has 2 aromatic rings. The van der Waals surface area contributed by atoms with Crippen molar-refractivity contribution in [2.45, 2.75) is 13.0 Å². The van der Waals surface area contributed by atoms with Gasteiger partial charge in [0.15, 0.2) is 0 Å². The maximum absolute atomic E-state index is 11.8. The van der Waals surface area contributed by atoms with Crippen LogP contribution in [0.25, 0.3) is 9.88 Å². The Kier molecular flexibility index (Phi) is 3.88. The van der Waals surface area contributed by atoms with Crippen molar-refractivity contribution in [2.24, 2.45) is 5.73 Å². The Bertz CT molecular complexity index is 493. The van der Waals surface area contributed by atoms with Crippen molar-refractivity contribution in [3.63, 3.8) is 0 Å². The molecule has 90 valence electrons. The third kappa shape index (κ3) is 2.91. The van der Waals surface area contributed by atoms with Crippen molar-refractivity contribution in [1.29, 1.82) is 0 Å². The standard InChI is InChI=1S/C11H13N3OS2/c1-7(5-12)13-10(15)8-6-17-11(14-8)9-3-2-4-16-9/h2-4,6-7H,5,12H2,1H3,(H,13,15)/t7-/m0/s1. The van der Waals surface area contributed by atoms with Gasteiger partial charge in [-0.2, -0.15) is 0 Å². The van der Waals surface area contributed by atoms with Gasteiger partial charge in [-0.15, -0.1) is 22.7 Å². The summed E-state index contributed by atoms with van der Waals surface area (Å²) in [5.41, 5.74) is 5.91. The lowest BCUT2D eigenvalue weighted by Gasteiger charge is -2.09. The smallest absolute Gasteiger partial charge is 0.271 e. The molecule has 1 amide bonds. The molecule has 17 heavy (non-hydrogen) atoms. The molecule has 0 aromatic carbocycles. The van der Waals surface area contributed by atoms with Crippen LogP contribution in [0.2, 0.25) is 0 Å². The first-order valence-electron chi connectivity index (χ1n) is 5.21. The van der Waals surface area contributed by atoms with Crippen molar-refractivity contribution in [2.75, 3.05) is 6.54 Å². The number of aromatic nitrogens is 1. The second kappa shape index (κ2) is 5.39. The monoisotopic (exact) mass is 267 g/mol. The van der Waals surface area contributed by atoms with Gasteiger partial charge in [-0.3, -0.25) is 4.79 Å². The predicted molar refractivity (Wildman–Crippen MR) is 71.4 cm³/mol. The Labute approximate surface area is 107 Å². The van der Waals surface area contributed by atoms with E-state index in [1.54, 1.807) is 16.7 Å². The molecule has 0 spiro atoms. The quantitative estimate of drug-likeness (QED) is 0.889. The van der Waals surface area contributed by atoms with Gasteiger partial charge in [0.05, 0.1) is 4.88 Å². The maximum Gasteiger partial charge on any atom is 0.271 e. The molecule has 0 radical (unpaired) electrons. The topological polar surface area (TPSA) is 68.0 Å². The molecular weight excluding hydrogens is 254 g/mol. The molecular formula is C11H13N3OS2. The number of hydrogen-bond acceptors (Lipinski definition) is 5. The van der Waals surface area contributed by atoms with Crippen LogP contribution in [-0.2, 0) is 0 Å². The summed E-state index contributed by atoms with van der Waals surface area (Å²) in [5.74, 6) is -0.165. The van der Waals surface area contributed by atoms with E-state index in [-0.39, 0.29) is 11.9 Å². The van der Waals surface area contributed by atoms with E-state index in [1.165, 1.54) is 11.3 Å². The number of nitrogens with one attached hydrogen (secondary N) is 1. The lowest BCUT2D eigenvalue weighted by atomic mass is 10.3. The van der Waals surface area contributed by atoms with E-state index < -0.39 is 0 Å². The maximum atomic E-state index is 11.8. The summed E-state index contributed by atoms with van der Waals surface area (Å²) in [4.78, 5) is 17.2. The van der Waals surface area contributed by atoms with Gasteiger partial charge >= 0.3 is 0 Å². The number of amides is 1. The Morgan fingerprint density at radius 2 is 2.41 bits per heavy atom. The summed E-state index contributed by atoms with van der Waals surface area (Å²) in [6, 6.07) is 3.93. The van der Waals surface area contributed by atoms with Crippen molar-refractivity contribution >= 4 is 28.6 Å². The number of thiophene rings is 1. The van der Waals surface area contributed by atoms with Gasteiger partial charge in [-0.1, -0.05) is 6.07 Å². The van der Waals surface area contributed by atoms with Crippen LogP contribution in [-0.4, -0.2) is 23.5 Å². The van der Waals surface area contributed by atoms with E-state index in [1.807, 2.05) is 24.4 Å². The lowest BCUT2D eigenvalue weighted by Crippen LogP contribution is -2.37. The minimum Gasteiger partial charge on any atom is -0.347 e. The molecule has 2 rings (SSSR count). The van der Waals surface area contributed by atoms with Crippen LogP contribution in [0.3, 0.4) is 0 Å². The average molecular weight is 267 g/mol. The molecule has 0 unspecified atom stereocenters. The SMILES string of the molecule is C[C@@H](CN)NC(=O)c1csc(-c2cccs2)n1. The van der Waals surface area contributed by atoms with Crippen LogP contribution in [0.5, 0.6) is 0 Å². The summed E-state index contributed by atoms with van der Waals surface area (Å²) in [6.45, 7) is 2.29. The number of thiazole rings is 1. The Balaban J connectivity index is 2.11. The van der Waals surface area contributed by atoms with Crippen molar-refractivity contribution in [3.8, 4) is 9.88 Å². The van der Waals surface area contributed by atoms with Gasteiger partial charge in [0.25, 0.3) is 5.91 Å². The fraction of sp³-hybridized carbons (Fsp3) is 0.273. The van der Waals surface area contributed by atoms with Gasteiger partial charge in [0, 0.05) is 18.0 Å². The Hall–Kier alpha value is -1.24. The van der Waals surface area contributed by atoms with E-state index in [0.717, 1.165) is 9.88 Å². The van der Waals surface area contributed by atoms with Crippen molar-refractivity contribution in [3.05, 3.63) is 28.6 Å². The third-order valence-corrected chi connectivity index (χ3v) is 4.08. The zero-order valence-corrected chi connectivity index (χ0v) is 11.0. The second-order valence-electron chi connectivity index (χ2n) is 3.63. The van der Waals surface area contributed by atoms with Crippen LogP contribution < -0.4 is 11.1 Å². The number of carbonyl (C=O) groups is 1. The lowest BCUT2D eigenvalue weighted by molar-refractivity contribution is 0.0937. The van der Waals surface area contributed by atoms with Crippen molar-refractivity contribution in [1.82, 2.24) is 10.3 Å². The van der Waals surface area contributed by atoms with Crippen LogP contribution in [0.15, 0.2) is 22.9 Å². The number of rotatable bonds is 4. The largest absolute Gasteiger partial charge is 0.347 e. The number of hydrogen-bond donors (Lipinski definition) is 2. The summed E-state index contributed by atoms with van der Waals surface area (Å²) >= 11 is 3.09. The van der Waals surface area contributed by atoms with Gasteiger partial charge in [0.2, 0.25) is 0 Å². The van der Waals surface area contributed by atoms with E-state index in [2.05, 4.69) is 10.3 Å². The molecule has 0 fully saturated rings. The van der Waals surface area contributed by atoms with Gasteiger partial charge in [-0.05, 0) is 18.4 Å². The highest BCUT2D eigenvalue weighted by Gasteiger charge is 2.13. The van der Waals surface area contributed by atoms with Gasteiger partial charge in [-0.25, -0.2) is 4.98 Å². The third-order valence-electron chi connectivity index (χ3n) is 2.20. The molecule has 3 N–H and O–H groups in total. The molecule has 0 saturated carbocycles. The normalized spacial score (nSPS) is 12.4. The fourth-order valence-corrected chi connectivity index (χ4v) is 2.86. The number of nitrogens with zero attached hydrogens (tertiary/aromatic N) is 1. The van der Waals surface area contributed by atoms with Gasteiger partial charge in [0.1, 0.15) is 10.7 Å². The minimum absolute atomic E-state index is 0.0330. The summed E-state index contributed by atoms with van der Waals surface area (Å²) in [7, 11) is 0. The fourth-order valence-electron chi connectivity index (χ4n) is 1.25. The Morgan fingerprint density at radius 3 is 3.06 bits per heavy atom. The van der Waals surface area contributed by atoms with Crippen LogP contribution in [0.1, 0.15) is 17.4 Å². The zero-order valence-electron chi connectivity index (χ0n) is 9.34. The molecule has 0 aliphatic heterocycles. The zero-order chi connectivity index (χ0) is 12.3. The molecule has 2 heterocycles. The summed E-state index contributed by atoms with van der Waals surface area (Å²) < 4.78 is 0.